The molecule has 0 aliphatic heterocycles. The van der Waals surface area contributed by atoms with Crippen LogP contribution in [0.15, 0.2) is 9.53 Å². The number of nitrogens with zero attached hydrogens (tertiary/aromatic N) is 5. The molecular weight excluding hydrogens is 348 g/mol. The van der Waals surface area contributed by atoms with Crippen molar-refractivity contribution in [3.63, 3.8) is 0 Å². The molecule has 0 aliphatic rings. The Kier molecular flexibility index (Phi) is 4.28. The molecular formula is C14H19BrN6O. The van der Waals surface area contributed by atoms with E-state index in [2.05, 4.69) is 49.9 Å². The van der Waals surface area contributed by atoms with Crippen LogP contribution in [0.5, 0.6) is 0 Å². The highest BCUT2D eigenvalue weighted by atomic mass is 79.9. The van der Waals surface area contributed by atoms with Crippen molar-refractivity contribution in [1.29, 1.82) is 0 Å². The molecule has 0 unspecified atom stereocenters. The normalized spacial score (nSPS) is 11.8. The maximum absolute atomic E-state index is 12.7. The lowest BCUT2D eigenvalue weighted by molar-refractivity contribution is 0.612. The molecule has 0 bridgehead atoms. The molecule has 118 valence electrons. The third-order valence-electron chi connectivity index (χ3n) is 3.74. The van der Waals surface area contributed by atoms with Gasteiger partial charge in [-0.15, -0.1) is 10.2 Å². The highest BCUT2D eigenvalue weighted by molar-refractivity contribution is 9.10. The Morgan fingerprint density at radius 1 is 1.18 bits per heavy atom. The molecule has 3 aromatic rings. The second-order valence-corrected chi connectivity index (χ2v) is 6.14. The lowest BCUT2D eigenvalue weighted by atomic mass is 10.2. The second-order valence-electron chi connectivity index (χ2n) is 5.39. The van der Waals surface area contributed by atoms with Gasteiger partial charge in [0.2, 0.25) is 5.78 Å². The lowest BCUT2D eigenvalue weighted by Gasteiger charge is -2.09. The summed E-state index contributed by atoms with van der Waals surface area (Å²) in [5.74, 6) is 1.29. The fraction of sp³-hybridized carbons (Fsp3) is 0.571. The van der Waals surface area contributed by atoms with E-state index in [9.17, 15) is 4.79 Å². The summed E-state index contributed by atoms with van der Waals surface area (Å²) in [6, 6.07) is 0. The van der Waals surface area contributed by atoms with Gasteiger partial charge in [-0.1, -0.05) is 26.7 Å². The van der Waals surface area contributed by atoms with Crippen LogP contribution in [0.1, 0.15) is 45.4 Å². The number of halogens is 1. The summed E-state index contributed by atoms with van der Waals surface area (Å²) in [6.07, 6.45) is 4.93. The van der Waals surface area contributed by atoms with Crippen LogP contribution in [0.25, 0.3) is 16.9 Å². The number of nitrogens with one attached hydrogen (secondary N) is 1. The quantitative estimate of drug-likeness (QED) is 0.537. The summed E-state index contributed by atoms with van der Waals surface area (Å²) in [5.41, 5.74) is 0.993. The Hall–Kier alpha value is -1.70. The van der Waals surface area contributed by atoms with E-state index in [-0.39, 0.29) is 5.56 Å². The Morgan fingerprint density at radius 2 is 2.00 bits per heavy atom. The van der Waals surface area contributed by atoms with Crippen molar-refractivity contribution < 1.29 is 0 Å². The first-order chi connectivity index (χ1) is 10.7. The molecule has 0 amide bonds. The van der Waals surface area contributed by atoms with Crippen LogP contribution in [0.2, 0.25) is 0 Å². The molecule has 0 radical (unpaired) electrons. The van der Waals surface area contributed by atoms with E-state index in [1.165, 1.54) is 0 Å². The number of hydrogen-bond acceptors (Lipinski definition) is 4. The Balaban J connectivity index is 2.27. The Morgan fingerprint density at radius 3 is 2.73 bits per heavy atom. The number of aromatic amines is 1. The Labute approximate surface area is 135 Å². The first-order valence-corrected chi connectivity index (χ1v) is 8.48. The molecule has 0 saturated heterocycles. The Bertz CT molecular complexity index is 862. The second kappa shape index (κ2) is 6.20. The van der Waals surface area contributed by atoms with Crippen molar-refractivity contribution in [2.45, 2.75) is 52.5 Å². The van der Waals surface area contributed by atoms with Crippen molar-refractivity contribution in [2.75, 3.05) is 0 Å². The number of H-pyrrole nitrogens is 1. The van der Waals surface area contributed by atoms with Gasteiger partial charge < -0.3 is 4.98 Å². The van der Waals surface area contributed by atoms with E-state index in [0.717, 1.165) is 38.6 Å². The molecule has 7 nitrogen and oxygen atoms in total. The maximum atomic E-state index is 12.7. The van der Waals surface area contributed by atoms with E-state index >= 15 is 0 Å². The predicted molar refractivity (Wildman–Crippen MR) is 88.1 cm³/mol. The van der Waals surface area contributed by atoms with Crippen molar-refractivity contribution in [3.8, 4) is 0 Å². The third kappa shape index (κ3) is 2.45. The summed E-state index contributed by atoms with van der Waals surface area (Å²) in [5, 5.41) is 8.44. The van der Waals surface area contributed by atoms with Gasteiger partial charge in [0.1, 0.15) is 5.82 Å². The lowest BCUT2D eigenvalue weighted by Crippen LogP contribution is -2.21. The smallest absolute Gasteiger partial charge is 0.286 e. The molecule has 0 aromatic carbocycles. The van der Waals surface area contributed by atoms with Crippen LogP contribution < -0.4 is 5.56 Å². The van der Waals surface area contributed by atoms with Gasteiger partial charge in [-0.05, 0) is 28.8 Å². The number of fused-ring (bicyclic) bond motifs is 2. The van der Waals surface area contributed by atoms with Gasteiger partial charge in [0.25, 0.3) is 5.56 Å². The predicted octanol–water partition coefficient (Wildman–Crippen LogP) is 2.67. The van der Waals surface area contributed by atoms with Gasteiger partial charge in [-0.2, -0.15) is 0 Å². The molecule has 0 fully saturated rings. The van der Waals surface area contributed by atoms with E-state index in [1.807, 2.05) is 4.57 Å². The van der Waals surface area contributed by atoms with Crippen molar-refractivity contribution in [1.82, 2.24) is 29.1 Å². The molecule has 1 N–H and O–H groups in total. The zero-order chi connectivity index (χ0) is 15.7. The molecule has 3 heterocycles. The number of hydrogen-bond donors (Lipinski definition) is 1. The van der Waals surface area contributed by atoms with Crippen molar-refractivity contribution in [2.24, 2.45) is 0 Å². The van der Waals surface area contributed by atoms with Gasteiger partial charge in [0.15, 0.2) is 15.9 Å². The van der Waals surface area contributed by atoms with Crippen molar-refractivity contribution >= 4 is 32.9 Å². The van der Waals surface area contributed by atoms with Crippen molar-refractivity contribution in [3.05, 3.63) is 20.9 Å². The average molecular weight is 367 g/mol. The first-order valence-electron chi connectivity index (χ1n) is 7.69. The molecule has 0 spiro atoms. The molecule has 3 aromatic heterocycles. The topological polar surface area (TPSA) is 80.9 Å². The molecule has 3 rings (SSSR count). The fourth-order valence-corrected chi connectivity index (χ4v) is 3.05. The summed E-state index contributed by atoms with van der Waals surface area (Å²) in [7, 11) is 0. The summed E-state index contributed by atoms with van der Waals surface area (Å²) < 4.78 is 4.16. The van der Waals surface area contributed by atoms with Crippen LogP contribution in [0.3, 0.4) is 0 Å². The van der Waals surface area contributed by atoms with Crippen LogP contribution in [0, 0.1) is 0 Å². The van der Waals surface area contributed by atoms with Gasteiger partial charge >= 0.3 is 0 Å². The summed E-state index contributed by atoms with van der Waals surface area (Å²) in [4.78, 5) is 20.1. The average Bonchev–Trinajstić information content (AvgIpc) is 3.07. The van der Waals surface area contributed by atoms with Crippen LogP contribution in [-0.2, 0) is 13.0 Å². The summed E-state index contributed by atoms with van der Waals surface area (Å²) in [6.45, 7) is 5.00. The summed E-state index contributed by atoms with van der Waals surface area (Å²) >= 11 is 3.32. The van der Waals surface area contributed by atoms with Crippen LogP contribution in [0.4, 0.5) is 0 Å². The number of aryl methyl sites for hydroxylation is 2. The SMILES string of the molecule is CCCCCn1c2nc(Br)[nH]c2c(=O)n2c(CCC)nnc12. The minimum Gasteiger partial charge on any atom is -0.327 e. The van der Waals surface area contributed by atoms with E-state index in [4.69, 9.17) is 0 Å². The zero-order valence-corrected chi connectivity index (χ0v) is 14.4. The highest BCUT2D eigenvalue weighted by Crippen LogP contribution is 2.16. The number of aromatic nitrogens is 6. The standard InChI is InChI=1S/C14H19BrN6O/c1-3-5-6-8-20-11-10(16-13(15)17-11)12(22)21-9(7-4-2)18-19-14(20)21/h3-8H2,1-2H3,(H,16,17). The monoisotopic (exact) mass is 366 g/mol. The molecule has 0 atom stereocenters. The fourth-order valence-electron chi connectivity index (χ4n) is 2.69. The molecule has 22 heavy (non-hydrogen) atoms. The molecule has 8 heteroatoms. The van der Waals surface area contributed by atoms with E-state index in [0.29, 0.717) is 27.5 Å². The molecule has 0 saturated carbocycles. The molecule has 0 aliphatic carbocycles. The zero-order valence-electron chi connectivity index (χ0n) is 12.8. The number of rotatable bonds is 6. The largest absolute Gasteiger partial charge is 0.327 e. The van der Waals surface area contributed by atoms with E-state index < -0.39 is 0 Å². The van der Waals surface area contributed by atoms with E-state index in [1.54, 1.807) is 4.40 Å². The maximum Gasteiger partial charge on any atom is 0.286 e. The minimum absolute atomic E-state index is 0.136. The number of imidazole rings is 1. The van der Waals surface area contributed by atoms with Gasteiger partial charge in [0.05, 0.1) is 0 Å². The number of unbranched alkanes of at least 4 members (excludes halogenated alkanes) is 2. The van der Waals surface area contributed by atoms with Crippen LogP contribution >= 0.6 is 15.9 Å². The highest BCUT2D eigenvalue weighted by Gasteiger charge is 2.18. The van der Waals surface area contributed by atoms with Gasteiger partial charge in [-0.3, -0.25) is 9.36 Å². The minimum atomic E-state index is -0.136. The van der Waals surface area contributed by atoms with Crippen LogP contribution in [-0.4, -0.2) is 29.1 Å². The van der Waals surface area contributed by atoms with Gasteiger partial charge in [-0.25, -0.2) is 9.38 Å². The third-order valence-corrected chi connectivity index (χ3v) is 4.12. The first kappa shape index (κ1) is 15.2. The van der Waals surface area contributed by atoms with Gasteiger partial charge in [0, 0.05) is 13.0 Å².